The van der Waals surface area contributed by atoms with Crippen LogP contribution < -0.4 is 0 Å². The fourth-order valence-electron chi connectivity index (χ4n) is 33.0. The Morgan fingerprint density at radius 1 is 0.379 bits per heavy atom. The Morgan fingerprint density at radius 3 is 0.793 bits per heavy atom. The van der Waals surface area contributed by atoms with E-state index in [1.807, 2.05) is 0 Å². The van der Waals surface area contributed by atoms with Gasteiger partial charge in [0, 0.05) is 0 Å². The van der Waals surface area contributed by atoms with Crippen LogP contribution in [0.4, 0.5) is 0 Å². The van der Waals surface area contributed by atoms with Gasteiger partial charge < -0.3 is 0 Å². The van der Waals surface area contributed by atoms with Gasteiger partial charge in [-0.25, -0.2) is 0 Å². The SMILES string of the molecule is CC[C]12[CH]3[C]4(CC)[C]5(CC)[C]1(CC)[Fe]32451678[C]2(CC)[C]1(CC)[C]6(CC)[C]7(CC)[C]28CC. The maximum atomic E-state index is 2.74. The zero-order chi connectivity index (χ0) is 20.8. The first-order chi connectivity index (χ1) is 13.7. The van der Waals surface area contributed by atoms with Crippen molar-refractivity contribution >= 4 is 0 Å². The van der Waals surface area contributed by atoms with Crippen LogP contribution in [-0.2, 0) is 6.51 Å². The average molecular weight is 439 g/mol. The molecular weight excluding hydrogens is 392 g/mol. The van der Waals surface area contributed by atoms with E-state index >= 15 is 0 Å². The standard InChI is InChI=1S/C15H25.C13H21.Fe/c1-6-11-12(7-2)14(9-4)15(10-5)13(11)8-3;1-5-10-9-11(6-2)13(8-4)12(10)7-3;/h6-10H2,1-5H3;9H,5-8H2,1-4H3;. The van der Waals surface area contributed by atoms with Crippen LogP contribution in [0.25, 0.3) is 0 Å². The van der Waals surface area contributed by atoms with Gasteiger partial charge in [0.1, 0.15) is 0 Å². The summed E-state index contributed by atoms with van der Waals surface area (Å²) in [5.41, 5.74) is 0. The zero-order valence-electron chi connectivity index (χ0n) is 20.8. The molecule has 10 aliphatic heterocycles. The minimum atomic E-state index is -4.25. The molecule has 1 heteroatoms. The van der Waals surface area contributed by atoms with Crippen LogP contribution in [0.5, 0.6) is 0 Å². The third-order valence-electron chi connectivity index (χ3n) is 23.2. The molecule has 0 radical (unpaired) electrons. The van der Waals surface area contributed by atoms with Crippen LogP contribution in [0.2, 0.25) is 43.6 Å². The summed E-state index contributed by atoms with van der Waals surface area (Å²) in [6, 6.07) is 0. The number of hydrogen-bond donors (Lipinski definition) is 0. The zero-order valence-corrected chi connectivity index (χ0v) is 21.9. The molecule has 10 fully saturated rings. The molecule has 10 heterocycles. The molecule has 0 aliphatic carbocycles. The molecule has 10 saturated heterocycles. The van der Waals surface area contributed by atoms with Gasteiger partial charge in [-0.15, -0.1) is 0 Å². The molecule has 29 heavy (non-hydrogen) atoms. The number of fused-ring (bicyclic) bond motifs is 10. The van der Waals surface area contributed by atoms with Gasteiger partial charge in [0.2, 0.25) is 0 Å². The minimum absolute atomic E-state index is 0.909. The summed E-state index contributed by atoms with van der Waals surface area (Å²) in [5.74, 6) is 0. The monoisotopic (exact) mass is 438 g/mol. The molecule has 0 aromatic heterocycles. The second-order valence-corrected chi connectivity index (χ2v) is 36.8. The van der Waals surface area contributed by atoms with Gasteiger partial charge in [-0.05, 0) is 0 Å². The van der Waals surface area contributed by atoms with Crippen LogP contribution in [0.15, 0.2) is 0 Å². The van der Waals surface area contributed by atoms with E-state index in [4.69, 9.17) is 0 Å². The molecule has 0 nitrogen and oxygen atoms in total. The summed E-state index contributed by atoms with van der Waals surface area (Å²) in [5, 5.41) is 0. The first-order valence-corrected chi connectivity index (χ1v) is 19.5. The summed E-state index contributed by atoms with van der Waals surface area (Å²) in [7, 11) is 0. The van der Waals surface area contributed by atoms with E-state index in [-0.39, 0.29) is 0 Å². The molecule has 166 valence electrons. The Balaban J connectivity index is 1.67. The van der Waals surface area contributed by atoms with Crippen molar-refractivity contribution in [3.63, 3.8) is 0 Å². The van der Waals surface area contributed by atoms with Crippen LogP contribution in [0.1, 0.15) is 120 Å². The summed E-state index contributed by atoms with van der Waals surface area (Å²) in [6.45, 7) is 20.4. The molecule has 0 aromatic rings. The molecule has 1 spiro atoms. The van der Waals surface area contributed by atoms with Gasteiger partial charge in [-0.3, -0.25) is 0 Å². The van der Waals surface area contributed by atoms with Crippen LogP contribution in [0, 0.1) is 0 Å². The molecule has 10 rings (SSSR count). The topological polar surface area (TPSA) is 0 Å². The van der Waals surface area contributed by atoms with Crippen molar-refractivity contribution < 1.29 is 6.51 Å². The van der Waals surface area contributed by atoms with Crippen LogP contribution in [0.3, 0.4) is 0 Å². The first-order valence-electron chi connectivity index (χ1n) is 13.9. The van der Waals surface area contributed by atoms with Gasteiger partial charge in [0.25, 0.3) is 0 Å². The Kier molecular flexibility index (Phi) is 0.969. The average Bonchev–Trinajstić information content (AvgIpc) is 3.71. The molecule has 0 aromatic carbocycles. The van der Waals surface area contributed by atoms with E-state index in [2.05, 4.69) is 62.3 Å². The van der Waals surface area contributed by atoms with Crippen molar-refractivity contribution in [2.24, 2.45) is 0 Å². The van der Waals surface area contributed by atoms with Crippen molar-refractivity contribution in [1.29, 1.82) is 0 Å². The third kappa shape index (κ3) is 0.161. The van der Waals surface area contributed by atoms with Gasteiger partial charge in [-0.2, -0.15) is 0 Å². The quantitative estimate of drug-likeness (QED) is 0.314. The Labute approximate surface area is 170 Å². The Morgan fingerprint density at radius 2 is 0.621 bits per heavy atom. The predicted molar refractivity (Wildman–Crippen MR) is 121 cm³/mol. The van der Waals surface area contributed by atoms with Crippen molar-refractivity contribution in [2.75, 3.05) is 0 Å². The molecule has 10 aliphatic rings. The van der Waals surface area contributed by atoms with Gasteiger partial charge in [0.05, 0.1) is 0 Å². The van der Waals surface area contributed by atoms with Crippen molar-refractivity contribution in [3.05, 3.63) is 0 Å². The molecule has 0 bridgehead atoms. The Bertz CT molecular complexity index is 1190. The number of rotatable bonds is 9. The maximum absolute atomic E-state index is 4.25. The molecule has 4 atom stereocenters. The summed E-state index contributed by atoms with van der Waals surface area (Å²) in [4.78, 5) is 1.32. The molecule has 4 unspecified atom stereocenters. The van der Waals surface area contributed by atoms with Crippen molar-refractivity contribution in [3.8, 4) is 0 Å². The first kappa shape index (κ1) is 16.2. The molecule has 0 amide bonds. The summed E-state index contributed by atoms with van der Waals surface area (Å²) >= 11 is 0. The molecular formula is C28H46Fe. The van der Waals surface area contributed by atoms with E-state index in [0.29, 0.717) is 0 Å². The summed E-state index contributed by atoms with van der Waals surface area (Å²) < 4.78 is 8.22. The molecule has 0 saturated carbocycles. The second-order valence-electron chi connectivity index (χ2n) is 14.8. The van der Waals surface area contributed by atoms with E-state index in [9.17, 15) is 0 Å². The Hall–Kier alpha value is 0.519. The normalized spacial score (nSPS) is 95.6. The van der Waals surface area contributed by atoms with Gasteiger partial charge >= 0.3 is 170 Å². The fourth-order valence-corrected chi connectivity index (χ4v) is 136. The number of hydrogen-bond acceptors (Lipinski definition) is 0. The van der Waals surface area contributed by atoms with Crippen LogP contribution in [-0.4, -0.2) is 0 Å². The van der Waals surface area contributed by atoms with Crippen LogP contribution >= 0.6 is 0 Å². The van der Waals surface area contributed by atoms with E-state index < -0.39 is 6.51 Å². The fraction of sp³-hybridized carbons (Fsp3) is 1.00. The van der Waals surface area contributed by atoms with E-state index in [1.54, 1.807) is 57.8 Å². The van der Waals surface area contributed by atoms with Gasteiger partial charge in [-0.1, -0.05) is 0 Å². The third-order valence-corrected chi connectivity index (χ3v) is 75.2. The predicted octanol–water partition coefficient (Wildman–Crippen LogP) is 10.4. The summed E-state index contributed by atoms with van der Waals surface area (Å²) in [6.07, 6.45) is 14.5. The van der Waals surface area contributed by atoms with Crippen molar-refractivity contribution in [2.45, 2.75) is 164 Å². The molecule has 0 N–H and O–H groups in total. The van der Waals surface area contributed by atoms with E-state index in [1.165, 1.54) is 4.82 Å². The van der Waals surface area contributed by atoms with Crippen molar-refractivity contribution in [1.82, 2.24) is 0 Å². The van der Waals surface area contributed by atoms with Gasteiger partial charge in [0.15, 0.2) is 0 Å². The van der Waals surface area contributed by atoms with E-state index in [0.717, 1.165) is 38.8 Å². The second kappa shape index (κ2) is 1.74.